The molecule has 1 aromatic carbocycles. The van der Waals surface area contributed by atoms with Crippen molar-refractivity contribution in [2.45, 2.75) is 0 Å². The zero-order chi connectivity index (χ0) is 10.8. The summed E-state index contributed by atoms with van der Waals surface area (Å²) in [5, 5.41) is 16.6. The predicted octanol–water partition coefficient (Wildman–Crippen LogP) is 1.18. The van der Waals surface area contributed by atoms with Crippen molar-refractivity contribution in [3.8, 4) is 11.4 Å². The van der Waals surface area contributed by atoms with Crippen LogP contribution < -0.4 is 0 Å². The monoisotopic (exact) mass is 203 g/mol. The molecular weight excluding hydrogens is 194 g/mol. The Hall–Kier alpha value is -2.17. The predicted molar refractivity (Wildman–Crippen MR) is 53.4 cm³/mol. The van der Waals surface area contributed by atoms with Crippen LogP contribution in [-0.4, -0.2) is 25.8 Å². The Morgan fingerprint density at radius 2 is 2.13 bits per heavy atom. The smallest absolute Gasteiger partial charge is 0.336 e. The molecule has 1 heterocycles. The van der Waals surface area contributed by atoms with Crippen molar-refractivity contribution >= 4 is 5.97 Å². The lowest BCUT2D eigenvalue weighted by Gasteiger charge is -2.03. The van der Waals surface area contributed by atoms with Gasteiger partial charge < -0.3 is 9.67 Å². The number of carboxylic acid groups (broad SMARTS) is 1. The van der Waals surface area contributed by atoms with Gasteiger partial charge in [0.05, 0.1) is 5.56 Å². The Kier molecular flexibility index (Phi) is 2.21. The second-order valence-electron chi connectivity index (χ2n) is 3.12. The number of nitrogens with zero attached hydrogens (tertiary/aromatic N) is 3. The lowest BCUT2D eigenvalue weighted by Crippen LogP contribution is -2.02. The standard InChI is InChI=1S/C10H9N3O2/c1-13-6-11-12-9(13)7-4-2-3-5-8(7)10(14)15/h2-6H,1H3,(H,14,15). The molecule has 0 atom stereocenters. The molecular formula is C10H9N3O2. The van der Waals surface area contributed by atoms with Crippen LogP contribution in [0.15, 0.2) is 30.6 Å². The highest BCUT2D eigenvalue weighted by atomic mass is 16.4. The number of benzene rings is 1. The topological polar surface area (TPSA) is 68.0 Å². The van der Waals surface area contributed by atoms with Gasteiger partial charge >= 0.3 is 5.97 Å². The normalized spacial score (nSPS) is 10.2. The van der Waals surface area contributed by atoms with Gasteiger partial charge in [0.2, 0.25) is 0 Å². The van der Waals surface area contributed by atoms with Crippen LogP contribution in [0.3, 0.4) is 0 Å². The molecule has 76 valence electrons. The molecule has 5 heteroatoms. The van der Waals surface area contributed by atoms with Crippen molar-refractivity contribution in [2.75, 3.05) is 0 Å². The Labute approximate surface area is 86.0 Å². The summed E-state index contributed by atoms with van der Waals surface area (Å²) in [6.07, 6.45) is 1.54. The maximum Gasteiger partial charge on any atom is 0.336 e. The number of carboxylic acids is 1. The summed E-state index contributed by atoms with van der Waals surface area (Å²) in [5.74, 6) is -0.415. The molecule has 0 saturated heterocycles. The number of rotatable bonds is 2. The van der Waals surface area contributed by atoms with E-state index in [0.29, 0.717) is 11.4 Å². The fourth-order valence-electron chi connectivity index (χ4n) is 1.39. The van der Waals surface area contributed by atoms with Crippen molar-refractivity contribution in [3.05, 3.63) is 36.2 Å². The van der Waals surface area contributed by atoms with Crippen molar-refractivity contribution in [1.29, 1.82) is 0 Å². The number of aromatic nitrogens is 3. The zero-order valence-electron chi connectivity index (χ0n) is 8.08. The maximum absolute atomic E-state index is 11.0. The van der Waals surface area contributed by atoms with E-state index in [-0.39, 0.29) is 5.56 Å². The number of aryl methyl sites for hydroxylation is 1. The van der Waals surface area contributed by atoms with Crippen LogP contribution in [0.1, 0.15) is 10.4 Å². The van der Waals surface area contributed by atoms with Gasteiger partial charge in [-0.1, -0.05) is 18.2 Å². The van der Waals surface area contributed by atoms with E-state index >= 15 is 0 Å². The van der Waals surface area contributed by atoms with Crippen LogP contribution in [0.2, 0.25) is 0 Å². The van der Waals surface area contributed by atoms with Crippen LogP contribution >= 0.6 is 0 Å². The van der Waals surface area contributed by atoms with Gasteiger partial charge in [-0.25, -0.2) is 4.79 Å². The summed E-state index contributed by atoms with van der Waals surface area (Å²) in [6.45, 7) is 0. The van der Waals surface area contributed by atoms with Crippen molar-refractivity contribution in [2.24, 2.45) is 7.05 Å². The van der Waals surface area contributed by atoms with Crippen LogP contribution in [-0.2, 0) is 7.05 Å². The first-order valence-corrected chi connectivity index (χ1v) is 4.37. The first kappa shape index (κ1) is 9.39. The second-order valence-corrected chi connectivity index (χ2v) is 3.12. The van der Waals surface area contributed by atoms with Crippen LogP contribution in [0.5, 0.6) is 0 Å². The van der Waals surface area contributed by atoms with E-state index in [0.717, 1.165) is 0 Å². The van der Waals surface area contributed by atoms with Gasteiger partial charge in [0.25, 0.3) is 0 Å². The molecule has 15 heavy (non-hydrogen) atoms. The fourth-order valence-corrected chi connectivity index (χ4v) is 1.39. The van der Waals surface area contributed by atoms with Crippen LogP contribution in [0, 0.1) is 0 Å². The first-order chi connectivity index (χ1) is 7.20. The molecule has 2 aromatic rings. The summed E-state index contributed by atoms with van der Waals surface area (Å²) in [6, 6.07) is 6.72. The molecule has 2 rings (SSSR count). The summed E-state index contributed by atoms with van der Waals surface area (Å²) in [4.78, 5) is 11.0. The quantitative estimate of drug-likeness (QED) is 0.795. The van der Waals surface area contributed by atoms with Gasteiger partial charge in [-0.15, -0.1) is 10.2 Å². The van der Waals surface area contributed by atoms with Gasteiger partial charge in [-0.2, -0.15) is 0 Å². The molecule has 0 spiro atoms. The SMILES string of the molecule is Cn1cnnc1-c1ccccc1C(=O)O. The van der Waals surface area contributed by atoms with Gasteiger partial charge in [-0.3, -0.25) is 0 Å². The number of hydrogen-bond acceptors (Lipinski definition) is 3. The Morgan fingerprint density at radius 1 is 1.40 bits per heavy atom. The lowest BCUT2D eigenvalue weighted by atomic mass is 10.1. The Morgan fingerprint density at radius 3 is 2.73 bits per heavy atom. The molecule has 0 aliphatic carbocycles. The molecule has 0 saturated carbocycles. The number of hydrogen-bond donors (Lipinski definition) is 1. The average Bonchev–Trinajstić information content (AvgIpc) is 2.64. The molecule has 0 aliphatic rings. The Balaban J connectivity index is 2.63. The van der Waals surface area contributed by atoms with Gasteiger partial charge in [-0.05, 0) is 6.07 Å². The van der Waals surface area contributed by atoms with Gasteiger partial charge in [0.15, 0.2) is 5.82 Å². The molecule has 0 amide bonds. The summed E-state index contributed by atoms with van der Waals surface area (Å²) < 4.78 is 1.68. The number of aromatic carboxylic acids is 1. The minimum atomic E-state index is -0.964. The van der Waals surface area contributed by atoms with E-state index in [4.69, 9.17) is 5.11 Å². The number of carbonyl (C=O) groups is 1. The lowest BCUT2D eigenvalue weighted by molar-refractivity contribution is 0.0697. The highest BCUT2D eigenvalue weighted by Gasteiger charge is 2.13. The molecule has 0 unspecified atom stereocenters. The van der Waals surface area contributed by atoms with E-state index in [9.17, 15) is 4.79 Å². The van der Waals surface area contributed by atoms with Gasteiger partial charge in [0.1, 0.15) is 6.33 Å². The van der Waals surface area contributed by atoms with Crippen LogP contribution in [0.25, 0.3) is 11.4 Å². The van der Waals surface area contributed by atoms with E-state index < -0.39 is 5.97 Å². The largest absolute Gasteiger partial charge is 0.478 e. The molecule has 1 aromatic heterocycles. The highest BCUT2D eigenvalue weighted by molar-refractivity contribution is 5.94. The summed E-state index contributed by atoms with van der Waals surface area (Å²) in [5.41, 5.74) is 0.804. The third kappa shape index (κ3) is 1.59. The van der Waals surface area contributed by atoms with E-state index in [1.807, 2.05) is 0 Å². The summed E-state index contributed by atoms with van der Waals surface area (Å²) in [7, 11) is 1.77. The third-order valence-corrected chi connectivity index (χ3v) is 2.11. The molecule has 0 fully saturated rings. The van der Waals surface area contributed by atoms with Crippen molar-refractivity contribution in [1.82, 2.24) is 14.8 Å². The van der Waals surface area contributed by atoms with E-state index in [1.165, 1.54) is 6.33 Å². The van der Waals surface area contributed by atoms with Crippen LogP contribution in [0.4, 0.5) is 0 Å². The third-order valence-electron chi connectivity index (χ3n) is 2.11. The van der Waals surface area contributed by atoms with Gasteiger partial charge in [0, 0.05) is 12.6 Å². The maximum atomic E-state index is 11.0. The fraction of sp³-hybridized carbons (Fsp3) is 0.100. The van der Waals surface area contributed by atoms with Crippen molar-refractivity contribution < 1.29 is 9.90 Å². The van der Waals surface area contributed by atoms with E-state index in [1.54, 1.807) is 35.9 Å². The highest BCUT2D eigenvalue weighted by Crippen LogP contribution is 2.20. The molecule has 1 N–H and O–H groups in total. The molecule has 5 nitrogen and oxygen atoms in total. The zero-order valence-corrected chi connectivity index (χ0v) is 8.08. The minimum absolute atomic E-state index is 0.230. The van der Waals surface area contributed by atoms with Crippen molar-refractivity contribution in [3.63, 3.8) is 0 Å². The second kappa shape index (κ2) is 3.53. The Bertz CT molecular complexity index is 505. The molecule has 0 bridgehead atoms. The molecule has 0 aliphatic heterocycles. The first-order valence-electron chi connectivity index (χ1n) is 4.37. The summed E-state index contributed by atoms with van der Waals surface area (Å²) >= 11 is 0. The minimum Gasteiger partial charge on any atom is -0.478 e. The van der Waals surface area contributed by atoms with E-state index in [2.05, 4.69) is 10.2 Å². The molecule has 0 radical (unpaired) electrons. The average molecular weight is 203 g/mol.